The Morgan fingerprint density at radius 1 is 1.31 bits per heavy atom. The van der Waals surface area contributed by atoms with Gasteiger partial charge in [0.15, 0.2) is 6.61 Å². The fourth-order valence-corrected chi connectivity index (χ4v) is 2.94. The Kier molecular flexibility index (Phi) is 5.10. The molecule has 2 aromatic heterocycles. The summed E-state index contributed by atoms with van der Waals surface area (Å²) in [4.78, 5) is 31.7. The van der Waals surface area contributed by atoms with Crippen LogP contribution in [-0.2, 0) is 4.79 Å². The normalized spacial score (nSPS) is 13.3. The summed E-state index contributed by atoms with van der Waals surface area (Å²) in [6.07, 6.45) is 2.11. The first-order valence-corrected chi connectivity index (χ1v) is 9.64. The molecule has 2 heterocycles. The van der Waals surface area contributed by atoms with Crippen LogP contribution in [0.1, 0.15) is 35.7 Å². The second-order valence-corrected chi connectivity index (χ2v) is 7.47. The molecule has 0 radical (unpaired) electrons. The molecule has 1 amide bonds. The van der Waals surface area contributed by atoms with Crippen molar-refractivity contribution in [3.8, 4) is 11.7 Å². The van der Waals surface area contributed by atoms with Gasteiger partial charge in [-0.25, -0.2) is 4.98 Å². The maximum atomic E-state index is 12.4. The maximum Gasteiger partial charge on any atom is 0.263 e. The fraction of sp³-hybridized carbons (Fsp3) is 0.300. The van der Waals surface area contributed by atoms with Crippen molar-refractivity contribution in [2.24, 2.45) is 0 Å². The predicted octanol–water partition coefficient (Wildman–Crippen LogP) is 3.12. The highest BCUT2D eigenvalue weighted by Gasteiger charge is 2.28. The molecule has 0 aliphatic heterocycles. The van der Waals surface area contributed by atoms with Gasteiger partial charge >= 0.3 is 0 Å². The summed E-state index contributed by atoms with van der Waals surface area (Å²) in [5, 5.41) is 7.94. The van der Waals surface area contributed by atoms with Crippen LogP contribution in [0.15, 0.2) is 35.1 Å². The second-order valence-electron chi connectivity index (χ2n) is 7.03. The van der Waals surface area contributed by atoms with Gasteiger partial charge in [0.05, 0.1) is 5.69 Å². The number of carbonyl (C=O) groups is 1. The van der Waals surface area contributed by atoms with E-state index in [9.17, 15) is 9.59 Å². The van der Waals surface area contributed by atoms with Gasteiger partial charge in [0.25, 0.3) is 11.5 Å². The first kappa shape index (κ1) is 19.2. The zero-order valence-corrected chi connectivity index (χ0v) is 16.8. The lowest BCUT2D eigenvalue weighted by Crippen LogP contribution is -2.23. The van der Waals surface area contributed by atoms with Crippen molar-refractivity contribution in [3.05, 3.63) is 62.7 Å². The van der Waals surface area contributed by atoms with Crippen LogP contribution in [0, 0.1) is 13.8 Å². The zero-order chi connectivity index (χ0) is 20.5. The van der Waals surface area contributed by atoms with Crippen molar-refractivity contribution in [3.63, 3.8) is 0 Å². The molecule has 0 spiro atoms. The minimum absolute atomic E-state index is 0.178. The van der Waals surface area contributed by atoms with Crippen molar-refractivity contribution >= 4 is 23.3 Å². The Hall–Kier alpha value is -3.13. The minimum Gasteiger partial charge on any atom is -0.484 e. The molecule has 0 unspecified atom stereocenters. The van der Waals surface area contributed by atoms with Gasteiger partial charge in [0.2, 0.25) is 5.95 Å². The van der Waals surface area contributed by atoms with Crippen LogP contribution in [0.3, 0.4) is 0 Å². The minimum atomic E-state index is -0.352. The van der Waals surface area contributed by atoms with E-state index in [1.807, 2.05) is 6.07 Å². The summed E-state index contributed by atoms with van der Waals surface area (Å²) in [7, 11) is 0. The third-order valence-corrected chi connectivity index (χ3v) is 5.01. The van der Waals surface area contributed by atoms with Gasteiger partial charge in [0, 0.05) is 28.3 Å². The number of halogens is 1. The number of ether oxygens (including phenoxy) is 1. The number of aromatic nitrogens is 4. The van der Waals surface area contributed by atoms with Crippen molar-refractivity contribution in [1.82, 2.24) is 19.7 Å². The summed E-state index contributed by atoms with van der Waals surface area (Å²) < 4.78 is 6.95. The molecule has 0 saturated heterocycles. The van der Waals surface area contributed by atoms with Crippen LogP contribution in [0.5, 0.6) is 5.75 Å². The summed E-state index contributed by atoms with van der Waals surface area (Å²) in [6, 6.07) is 8.57. The Bertz CT molecular complexity index is 1120. The predicted molar refractivity (Wildman–Crippen MR) is 109 cm³/mol. The largest absolute Gasteiger partial charge is 0.484 e. The van der Waals surface area contributed by atoms with Crippen LogP contribution in [0.2, 0.25) is 5.02 Å². The van der Waals surface area contributed by atoms with E-state index >= 15 is 0 Å². The second kappa shape index (κ2) is 7.71. The Morgan fingerprint density at radius 2 is 2.03 bits per heavy atom. The van der Waals surface area contributed by atoms with Gasteiger partial charge in [-0.15, -0.1) is 0 Å². The summed E-state index contributed by atoms with van der Waals surface area (Å²) in [5.41, 5.74) is 1.78. The number of carbonyl (C=O) groups excluding carboxylic acids is 1. The molecular weight excluding hydrogens is 394 g/mol. The Balaban J connectivity index is 1.55. The summed E-state index contributed by atoms with van der Waals surface area (Å²) in [6.45, 7) is 3.29. The highest BCUT2D eigenvalue weighted by molar-refractivity contribution is 6.30. The van der Waals surface area contributed by atoms with Crippen LogP contribution in [-0.4, -0.2) is 32.3 Å². The molecule has 29 heavy (non-hydrogen) atoms. The molecular formula is C20H20ClN5O3. The van der Waals surface area contributed by atoms with Crippen molar-refractivity contribution in [2.75, 3.05) is 11.9 Å². The van der Waals surface area contributed by atoms with Gasteiger partial charge in [0.1, 0.15) is 11.6 Å². The van der Waals surface area contributed by atoms with E-state index in [0.717, 1.165) is 18.5 Å². The summed E-state index contributed by atoms with van der Waals surface area (Å²) >= 11 is 5.85. The van der Waals surface area contributed by atoms with E-state index in [2.05, 4.69) is 20.4 Å². The van der Waals surface area contributed by atoms with Crippen molar-refractivity contribution < 1.29 is 9.53 Å². The lowest BCUT2D eigenvalue weighted by atomic mass is 10.3. The molecule has 1 saturated carbocycles. The van der Waals surface area contributed by atoms with Gasteiger partial charge in [-0.1, -0.05) is 11.6 Å². The van der Waals surface area contributed by atoms with Crippen molar-refractivity contribution in [2.45, 2.75) is 32.6 Å². The van der Waals surface area contributed by atoms with Crippen LogP contribution >= 0.6 is 11.6 Å². The number of aromatic amines is 1. The van der Waals surface area contributed by atoms with E-state index in [4.69, 9.17) is 16.3 Å². The molecule has 1 aliphatic carbocycles. The number of amides is 1. The first-order valence-electron chi connectivity index (χ1n) is 9.27. The standard InChI is InChI=1S/C20H20ClN5O3/c1-11-12(2)22-20(24-19(11)28)26-17(9-16(25-26)13-3-4-13)23-18(27)10-29-15-7-5-14(21)6-8-15/h5-9,13H,3-4,10H2,1-2H3,(H,23,27)(H,22,24,28). The van der Waals surface area contributed by atoms with E-state index in [1.54, 1.807) is 38.1 Å². The number of nitrogens with one attached hydrogen (secondary N) is 2. The molecule has 8 nitrogen and oxygen atoms in total. The first-order chi connectivity index (χ1) is 13.9. The van der Waals surface area contributed by atoms with Crippen molar-refractivity contribution in [1.29, 1.82) is 0 Å². The third-order valence-electron chi connectivity index (χ3n) is 4.76. The van der Waals surface area contributed by atoms with Gasteiger partial charge in [-0.3, -0.25) is 14.6 Å². The van der Waals surface area contributed by atoms with Gasteiger partial charge < -0.3 is 10.1 Å². The smallest absolute Gasteiger partial charge is 0.263 e. The fourth-order valence-electron chi connectivity index (χ4n) is 2.82. The SMILES string of the molecule is Cc1nc(-n2nc(C3CC3)cc2NC(=O)COc2ccc(Cl)cc2)[nH]c(=O)c1C. The molecule has 1 aliphatic rings. The number of benzene rings is 1. The molecule has 4 rings (SSSR count). The number of hydrogen-bond donors (Lipinski definition) is 2. The number of anilines is 1. The topological polar surface area (TPSA) is 102 Å². The Morgan fingerprint density at radius 3 is 2.69 bits per heavy atom. The zero-order valence-electron chi connectivity index (χ0n) is 16.0. The van der Waals surface area contributed by atoms with Gasteiger partial charge in [-0.2, -0.15) is 9.78 Å². The average molecular weight is 414 g/mol. The van der Waals surface area contributed by atoms with Crippen LogP contribution in [0.25, 0.3) is 5.95 Å². The van der Waals surface area contributed by atoms with E-state index < -0.39 is 0 Å². The number of nitrogens with zero attached hydrogens (tertiary/aromatic N) is 3. The highest BCUT2D eigenvalue weighted by Crippen LogP contribution is 2.40. The van der Waals surface area contributed by atoms with E-state index in [0.29, 0.717) is 33.8 Å². The maximum absolute atomic E-state index is 12.4. The monoisotopic (exact) mass is 413 g/mol. The van der Waals surface area contributed by atoms with Crippen LogP contribution < -0.4 is 15.6 Å². The average Bonchev–Trinajstić information content (AvgIpc) is 3.46. The Labute approximate surface area is 171 Å². The molecule has 0 bridgehead atoms. The molecule has 2 N–H and O–H groups in total. The van der Waals surface area contributed by atoms with E-state index in [-0.39, 0.29) is 24.0 Å². The number of H-pyrrole nitrogens is 1. The molecule has 9 heteroatoms. The molecule has 1 fully saturated rings. The number of rotatable bonds is 6. The third kappa shape index (κ3) is 4.32. The van der Waals surface area contributed by atoms with E-state index in [1.165, 1.54) is 4.68 Å². The number of hydrogen-bond acceptors (Lipinski definition) is 5. The van der Waals surface area contributed by atoms with Gasteiger partial charge in [-0.05, 0) is 51.0 Å². The molecule has 3 aromatic rings. The lowest BCUT2D eigenvalue weighted by molar-refractivity contribution is -0.118. The highest BCUT2D eigenvalue weighted by atomic mass is 35.5. The summed E-state index contributed by atoms with van der Waals surface area (Å²) in [5.74, 6) is 1.25. The molecule has 1 aromatic carbocycles. The van der Waals surface area contributed by atoms with Crippen LogP contribution in [0.4, 0.5) is 5.82 Å². The molecule has 150 valence electrons. The quantitative estimate of drug-likeness (QED) is 0.646. The number of aryl methyl sites for hydroxylation is 1. The molecule has 0 atom stereocenters. The lowest BCUT2D eigenvalue weighted by Gasteiger charge is -2.10.